The van der Waals surface area contributed by atoms with Crippen molar-refractivity contribution in [1.82, 2.24) is 19.7 Å². The third-order valence-corrected chi connectivity index (χ3v) is 1.98. The zero-order chi connectivity index (χ0) is 12.8. The van der Waals surface area contributed by atoms with Gasteiger partial charge in [0.15, 0.2) is 0 Å². The first-order chi connectivity index (χ1) is 7.99. The summed E-state index contributed by atoms with van der Waals surface area (Å²) in [6.45, 7) is -1.16. The smallest absolute Gasteiger partial charge is 0.324 e. The lowest BCUT2D eigenvalue weighted by Crippen LogP contribution is -2.43. The molecule has 0 radical (unpaired) electrons. The Labute approximate surface area is 98.6 Å². The van der Waals surface area contributed by atoms with Gasteiger partial charge in [-0.05, 0) is 5.21 Å². The van der Waals surface area contributed by atoms with Crippen LogP contribution in [0.15, 0.2) is 0 Å². The Bertz CT molecular complexity index is 404. The fourth-order valence-electron chi connectivity index (χ4n) is 0.903. The molecule has 0 aliphatic rings. The van der Waals surface area contributed by atoms with Gasteiger partial charge in [0.1, 0.15) is 13.1 Å². The topological polar surface area (TPSA) is 151 Å². The average Bonchev–Trinajstić information content (AvgIpc) is 2.67. The molecule has 1 heterocycles. The van der Waals surface area contributed by atoms with Crippen LogP contribution in [0.5, 0.6) is 0 Å². The predicted octanol–water partition coefficient (Wildman–Crippen LogP) is -1.66. The zero-order valence-electron chi connectivity index (χ0n) is 8.36. The highest BCUT2D eigenvalue weighted by molar-refractivity contribution is 7.09. The van der Waals surface area contributed by atoms with E-state index in [1.807, 2.05) is 0 Å². The molecule has 1 aromatic heterocycles. The van der Waals surface area contributed by atoms with E-state index in [1.54, 1.807) is 0 Å². The van der Waals surface area contributed by atoms with Crippen LogP contribution in [0, 0.1) is 0 Å². The molecule has 0 aliphatic carbocycles. The number of anilines is 1. The van der Waals surface area contributed by atoms with Crippen molar-refractivity contribution >= 4 is 34.6 Å². The van der Waals surface area contributed by atoms with E-state index in [2.05, 4.69) is 20.1 Å². The number of rotatable bonds is 5. The lowest BCUT2D eigenvalue weighted by atomic mass is 10.5. The molecule has 1 aromatic rings. The maximum absolute atomic E-state index is 11.5. The molecule has 17 heavy (non-hydrogen) atoms. The summed E-state index contributed by atoms with van der Waals surface area (Å²) < 4.78 is 3.40. The molecule has 11 heteroatoms. The summed E-state index contributed by atoms with van der Waals surface area (Å²) in [5.74, 6) is -2.09. The van der Waals surface area contributed by atoms with Gasteiger partial charge in [0.25, 0.3) is 0 Å². The van der Waals surface area contributed by atoms with Gasteiger partial charge in [-0.15, -0.1) is 0 Å². The summed E-state index contributed by atoms with van der Waals surface area (Å²) in [4.78, 5) is 33.4. The fraction of sp³-hybridized carbons (Fsp3) is 0.333. The fourth-order valence-corrected chi connectivity index (χ4v) is 1.26. The van der Waals surface area contributed by atoms with E-state index < -0.39 is 31.0 Å². The molecule has 0 bridgehead atoms. The minimum Gasteiger partial charge on any atom is -0.480 e. The zero-order valence-corrected chi connectivity index (χ0v) is 9.18. The van der Waals surface area contributed by atoms with Gasteiger partial charge >= 0.3 is 12.0 Å². The second kappa shape index (κ2) is 5.69. The number of carbonyl (C=O) groups excluding carboxylic acids is 2. The number of hydrogen-bond donors (Lipinski definition) is 3. The molecule has 10 nitrogen and oxygen atoms in total. The van der Waals surface area contributed by atoms with Crippen LogP contribution in [-0.4, -0.2) is 55.8 Å². The number of aromatic nitrogens is 3. The van der Waals surface area contributed by atoms with Gasteiger partial charge in [0.2, 0.25) is 11.0 Å². The third kappa shape index (κ3) is 4.38. The SMILES string of the molecule is NC(=O)CN(CC(=O)O)C(=O)Nc1nnns1. The van der Waals surface area contributed by atoms with Crippen LogP contribution >= 0.6 is 11.5 Å². The van der Waals surface area contributed by atoms with Crippen LogP contribution in [0.3, 0.4) is 0 Å². The van der Waals surface area contributed by atoms with Crippen LogP contribution < -0.4 is 11.1 Å². The molecule has 0 saturated heterocycles. The van der Waals surface area contributed by atoms with Crippen molar-refractivity contribution in [2.45, 2.75) is 0 Å². The number of nitrogens with one attached hydrogen (secondary N) is 1. The summed E-state index contributed by atoms with van der Waals surface area (Å²) in [5.41, 5.74) is 4.89. The molecule has 4 N–H and O–H groups in total. The maximum atomic E-state index is 11.5. The van der Waals surface area contributed by atoms with E-state index >= 15 is 0 Å². The molecule has 0 aromatic carbocycles. The predicted molar refractivity (Wildman–Crippen MR) is 55.1 cm³/mol. The minimum atomic E-state index is -1.27. The Morgan fingerprint density at radius 2 is 2.12 bits per heavy atom. The van der Waals surface area contributed by atoms with Crippen molar-refractivity contribution in [3.8, 4) is 0 Å². The number of nitrogens with two attached hydrogens (primary N) is 1. The first-order valence-corrected chi connectivity index (χ1v) is 4.97. The van der Waals surface area contributed by atoms with E-state index in [0.717, 1.165) is 16.4 Å². The molecular formula is C6H8N6O4S. The van der Waals surface area contributed by atoms with Gasteiger partial charge in [0, 0.05) is 11.5 Å². The number of carbonyl (C=O) groups is 3. The Balaban J connectivity index is 2.65. The molecule has 0 spiro atoms. The third-order valence-electron chi connectivity index (χ3n) is 1.47. The van der Waals surface area contributed by atoms with Crippen molar-refractivity contribution in [2.75, 3.05) is 18.4 Å². The molecule has 3 amide bonds. The number of primary amides is 1. The van der Waals surface area contributed by atoms with E-state index in [4.69, 9.17) is 10.8 Å². The first-order valence-electron chi connectivity index (χ1n) is 4.20. The molecule has 0 unspecified atom stereocenters. The number of nitrogens with zero attached hydrogens (tertiary/aromatic N) is 4. The van der Waals surface area contributed by atoms with Crippen molar-refractivity contribution in [3.05, 3.63) is 0 Å². The number of amides is 3. The molecular weight excluding hydrogens is 252 g/mol. The summed E-state index contributed by atoms with van der Waals surface area (Å²) in [5, 5.41) is 17.5. The second-order valence-corrected chi connectivity index (χ2v) is 3.55. The molecule has 0 atom stereocenters. The largest absolute Gasteiger partial charge is 0.480 e. The average molecular weight is 260 g/mol. The lowest BCUT2D eigenvalue weighted by Gasteiger charge is -2.18. The number of urea groups is 1. The van der Waals surface area contributed by atoms with Gasteiger partial charge in [0.05, 0.1) is 0 Å². The van der Waals surface area contributed by atoms with E-state index in [9.17, 15) is 14.4 Å². The summed E-state index contributed by atoms with van der Waals surface area (Å²) in [7, 11) is 0. The van der Waals surface area contributed by atoms with Gasteiger partial charge < -0.3 is 15.7 Å². The van der Waals surface area contributed by atoms with Crippen molar-refractivity contribution < 1.29 is 19.5 Å². The van der Waals surface area contributed by atoms with E-state index in [-0.39, 0.29) is 5.13 Å². The standard InChI is InChI=1S/C6H8N6O4S/c7-3(13)1-12(2-4(14)15)6(16)8-5-9-10-11-17-5/h1-2H2,(H2,7,13)(H,14,15)(H,8,9,11,16). The van der Waals surface area contributed by atoms with Crippen LogP contribution in [0.4, 0.5) is 9.93 Å². The van der Waals surface area contributed by atoms with Gasteiger partial charge in [-0.2, -0.15) is 0 Å². The summed E-state index contributed by atoms with van der Waals surface area (Å²) in [6, 6.07) is -0.815. The number of hydrogen-bond acceptors (Lipinski definition) is 7. The molecule has 92 valence electrons. The maximum Gasteiger partial charge on any atom is 0.324 e. The highest BCUT2D eigenvalue weighted by Crippen LogP contribution is 2.06. The lowest BCUT2D eigenvalue weighted by molar-refractivity contribution is -0.137. The minimum absolute atomic E-state index is 0.0925. The van der Waals surface area contributed by atoms with Crippen LogP contribution in [-0.2, 0) is 9.59 Å². The highest BCUT2D eigenvalue weighted by Gasteiger charge is 2.19. The Morgan fingerprint density at radius 3 is 2.59 bits per heavy atom. The van der Waals surface area contributed by atoms with Crippen molar-refractivity contribution in [1.29, 1.82) is 0 Å². The molecule has 0 saturated carbocycles. The van der Waals surface area contributed by atoms with Gasteiger partial charge in [-0.3, -0.25) is 14.9 Å². The second-order valence-electron chi connectivity index (χ2n) is 2.81. The van der Waals surface area contributed by atoms with E-state index in [1.165, 1.54) is 0 Å². The monoisotopic (exact) mass is 260 g/mol. The quantitative estimate of drug-likeness (QED) is 0.572. The highest BCUT2D eigenvalue weighted by atomic mass is 32.1. The van der Waals surface area contributed by atoms with Crippen LogP contribution in [0.2, 0.25) is 0 Å². The number of carboxylic acid groups (broad SMARTS) is 1. The summed E-state index contributed by atoms with van der Waals surface area (Å²) >= 11 is 0.812. The van der Waals surface area contributed by atoms with Gasteiger partial charge in [-0.25, -0.2) is 4.79 Å². The molecule has 1 rings (SSSR count). The molecule has 0 fully saturated rings. The normalized spacial score (nSPS) is 9.65. The van der Waals surface area contributed by atoms with Crippen LogP contribution in [0.1, 0.15) is 0 Å². The number of aliphatic carboxylic acids is 1. The van der Waals surface area contributed by atoms with E-state index in [0.29, 0.717) is 0 Å². The first kappa shape index (κ1) is 12.8. The summed E-state index contributed by atoms with van der Waals surface area (Å²) in [6.07, 6.45) is 0. The van der Waals surface area contributed by atoms with Crippen molar-refractivity contribution in [2.24, 2.45) is 5.73 Å². The van der Waals surface area contributed by atoms with Gasteiger partial charge in [-0.1, -0.05) is 9.59 Å². The Hall–Kier alpha value is -2.30. The number of carboxylic acids is 1. The Kier molecular flexibility index (Phi) is 4.28. The Morgan fingerprint density at radius 1 is 1.41 bits per heavy atom. The molecule has 0 aliphatic heterocycles. The van der Waals surface area contributed by atoms with Crippen LogP contribution in [0.25, 0.3) is 0 Å². The van der Waals surface area contributed by atoms with Crippen molar-refractivity contribution in [3.63, 3.8) is 0 Å².